The number of nitrogens with two attached hydrogens (primary N) is 1. The molecule has 166 valence electrons. The van der Waals surface area contributed by atoms with Gasteiger partial charge in [0.25, 0.3) is 5.78 Å². The van der Waals surface area contributed by atoms with Gasteiger partial charge in [0.1, 0.15) is 12.4 Å². The highest BCUT2D eigenvalue weighted by atomic mass is 35.5. The second-order valence-corrected chi connectivity index (χ2v) is 7.41. The Morgan fingerprint density at radius 3 is 2.62 bits per heavy atom. The first-order chi connectivity index (χ1) is 12.7. The lowest BCUT2D eigenvalue weighted by Gasteiger charge is -2.33. The summed E-state index contributed by atoms with van der Waals surface area (Å²) in [5, 5.41) is 8.34. The van der Waals surface area contributed by atoms with Gasteiger partial charge in [0, 0.05) is 44.2 Å². The number of rotatable bonds is 5. The van der Waals surface area contributed by atoms with Gasteiger partial charge in [-0.05, 0) is 19.8 Å². The van der Waals surface area contributed by atoms with E-state index in [0.717, 1.165) is 31.3 Å². The monoisotopic (exact) mass is 467 g/mol. The first-order valence-electron chi connectivity index (χ1n) is 9.83. The highest BCUT2D eigenvalue weighted by Gasteiger charge is 2.24. The fourth-order valence-corrected chi connectivity index (χ4v) is 3.98. The third-order valence-corrected chi connectivity index (χ3v) is 5.32. The quantitative estimate of drug-likeness (QED) is 0.696. The number of nitrogens with one attached hydrogen (secondary N) is 1. The summed E-state index contributed by atoms with van der Waals surface area (Å²) in [6.45, 7) is 5.92. The van der Waals surface area contributed by atoms with Crippen molar-refractivity contribution in [3.8, 4) is 5.88 Å². The molecule has 1 aliphatic heterocycles. The normalized spacial score (nSPS) is 19.8. The standard InChI is InChI=1S/C18H29N7O.3ClH/c1-13-12-24(9-8-20-13)16-11-15(26-10-7-19)21-18-22-17(23-25(16)18)14-5-3-2-4-6-14;;;/h11,13-14,20H,2-10,12,19H2,1H3;3*1H. The SMILES string of the molecule is CC1CN(c2cc(OCCN)nc3nc(C4CCCCC4)nn23)CCN1.Cl.Cl.Cl. The Kier molecular flexibility index (Phi) is 10.7. The minimum atomic E-state index is 0. The number of nitrogens with zero attached hydrogens (tertiary/aromatic N) is 5. The number of piperazine rings is 1. The molecule has 1 saturated heterocycles. The minimum Gasteiger partial charge on any atom is -0.476 e. The van der Waals surface area contributed by atoms with Crippen LogP contribution in [-0.4, -0.2) is 58.4 Å². The minimum absolute atomic E-state index is 0. The zero-order valence-corrected chi connectivity index (χ0v) is 19.2. The third-order valence-electron chi connectivity index (χ3n) is 5.32. The van der Waals surface area contributed by atoms with E-state index in [-0.39, 0.29) is 37.2 Å². The van der Waals surface area contributed by atoms with E-state index in [2.05, 4.69) is 22.1 Å². The molecule has 11 heteroatoms. The highest BCUT2D eigenvalue weighted by molar-refractivity contribution is 5.86. The van der Waals surface area contributed by atoms with E-state index in [9.17, 15) is 0 Å². The summed E-state index contributed by atoms with van der Waals surface area (Å²) in [7, 11) is 0. The topological polar surface area (TPSA) is 93.6 Å². The lowest BCUT2D eigenvalue weighted by Crippen LogP contribution is -2.49. The summed E-state index contributed by atoms with van der Waals surface area (Å²) in [6, 6.07) is 2.40. The maximum Gasteiger partial charge on any atom is 0.257 e. The molecule has 1 aliphatic carbocycles. The summed E-state index contributed by atoms with van der Waals surface area (Å²) in [4.78, 5) is 11.7. The molecule has 3 N–H and O–H groups in total. The fraction of sp³-hybridized carbons (Fsp3) is 0.722. The van der Waals surface area contributed by atoms with Gasteiger partial charge >= 0.3 is 0 Å². The maximum atomic E-state index is 5.72. The number of aromatic nitrogens is 4. The van der Waals surface area contributed by atoms with E-state index >= 15 is 0 Å². The zero-order valence-electron chi connectivity index (χ0n) is 16.7. The van der Waals surface area contributed by atoms with Crippen molar-refractivity contribution in [2.75, 3.05) is 37.7 Å². The first kappa shape index (κ1) is 26.0. The van der Waals surface area contributed by atoms with Crippen LogP contribution in [0.15, 0.2) is 6.07 Å². The molecule has 2 aromatic heterocycles. The van der Waals surface area contributed by atoms with Gasteiger partial charge in [-0.25, -0.2) is 0 Å². The van der Waals surface area contributed by atoms with Crippen LogP contribution in [-0.2, 0) is 0 Å². The van der Waals surface area contributed by atoms with Crippen LogP contribution in [0.2, 0.25) is 0 Å². The van der Waals surface area contributed by atoms with Crippen LogP contribution in [0.1, 0.15) is 50.8 Å². The van der Waals surface area contributed by atoms with Gasteiger partial charge in [-0.3, -0.25) is 0 Å². The van der Waals surface area contributed by atoms with Gasteiger partial charge < -0.3 is 20.7 Å². The van der Waals surface area contributed by atoms with Crippen molar-refractivity contribution in [3.05, 3.63) is 11.9 Å². The lowest BCUT2D eigenvalue weighted by molar-refractivity contribution is 0.315. The molecule has 4 rings (SSSR count). The van der Waals surface area contributed by atoms with Crippen molar-refractivity contribution in [2.45, 2.75) is 51.0 Å². The first-order valence-corrected chi connectivity index (χ1v) is 9.83. The molecular formula is C18H32Cl3N7O. The summed E-state index contributed by atoms with van der Waals surface area (Å²) in [5.74, 6) is 3.59. The van der Waals surface area contributed by atoms with Gasteiger partial charge in [0.2, 0.25) is 5.88 Å². The molecule has 1 atom stereocenters. The maximum absolute atomic E-state index is 5.72. The molecule has 2 fully saturated rings. The number of ether oxygens (including phenoxy) is 1. The average Bonchev–Trinajstić information content (AvgIpc) is 3.10. The number of hydrogen-bond donors (Lipinski definition) is 2. The molecule has 0 bridgehead atoms. The molecule has 0 aromatic carbocycles. The van der Waals surface area contributed by atoms with Crippen LogP contribution in [0.4, 0.5) is 5.82 Å². The molecule has 8 nitrogen and oxygen atoms in total. The Balaban J connectivity index is 0.00000140. The average molecular weight is 469 g/mol. The van der Waals surface area contributed by atoms with Crippen LogP contribution in [0.25, 0.3) is 5.78 Å². The second-order valence-electron chi connectivity index (χ2n) is 7.41. The van der Waals surface area contributed by atoms with E-state index in [0.29, 0.717) is 36.8 Å². The Morgan fingerprint density at radius 1 is 1.17 bits per heavy atom. The molecule has 3 heterocycles. The van der Waals surface area contributed by atoms with E-state index in [1.165, 1.54) is 32.1 Å². The van der Waals surface area contributed by atoms with E-state index < -0.39 is 0 Å². The zero-order chi connectivity index (χ0) is 17.9. The molecule has 1 unspecified atom stereocenters. The van der Waals surface area contributed by atoms with Crippen molar-refractivity contribution in [3.63, 3.8) is 0 Å². The number of hydrogen-bond acceptors (Lipinski definition) is 7. The Hall–Kier alpha value is -1.06. The van der Waals surface area contributed by atoms with Crippen molar-refractivity contribution in [1.82, 2.24) is 24.9 Å². The van der Waals surface area contributed by atoms with Gasteiger partial charge in [0.05, 0.1) is 0 Å². The molecular weight excluding hydrogens is 437 g/mol. The Bertz CT molecular complexity index is 754. The van der Waals surface area contributed by atoms with Crippen LogP contribution in [0.3, 0.4) is 0 Å². The molecule has 1 saturated carbocycles. The predicted molar refractivity (Wildman–Crippen MR) is 123 cm³/mol. The second kappa shape index (κ2) is 12.0. The fourth-order valence-electron chi connectivity index (χ4n) is 3.98. The van der Waals surface area contributed by atoms with E-state index in [1.807, 2.05) is 10.6 Å². The lowest BCUT2D eigenvalue weighted by atomic mass is 9.89. The van der Waals surface area contributed by atoms with Crippen molar-refractivity contribution >= 4 is 48.8 Å². The molecule has 0 spiro atoms. The Labute approximate surface area is 190 Å². The summed E-state index contributed by atoms with van der Waals surface area (Å²) in [6.07, 6.45) is 6.20. The predicted octanol–water partition coefficient (Wildman–Crippen LogP) is 2.57. The third kappa shape index (κ3) is 5.98. The summed E-state index contributed by atoms with van der Waals surface area (Å²) >= 11 is 0. The molecule has 29 heavy (non-hydrogen) atoms. The van der Waals surface area contributed by atoms with Crippen LogP contribution in [0.5, 0.6) is 5.88 Å². The largest absolute Gasteiger partial charge is 0.476 e. The van der Waals surface area contributed by atoms with Crippen molar-refractivity contribution in [2.24, 2.45) is 5.73 Å². The molecule has 2 aliphatic rings. The van der Waals surface area contributed by atoms with Crippen molar-refractivity contribution < 1.29 is 4.74 Å². The number of anilines is 1. The number of halogens is 3. The van der Waals surface area contributed by atoms with Gasteiger partial charge in [-0.15, -0.1) is 42.3 Å². The van der Waals surface area contributed by atoms with Gasteiger partial charge in [0.15, 0.2) is 5.82 Å². The van der Waals surface area contributed by atoms with Gasteiger partial charge in [-0.2, -0.15) is 14.5 Å². The van der Waals surface area contributed by atoms with Gasteiger partial charge in [-0.1, -0.05) is 19.3 Å². The number of fused-ring (bicyclic) bond motifs is 1. The van der Waals surface area contributed by atoms with Crippen LogP contribution >= 0.6 is 37.2 Å². The van der Waals surface area contributed by atoms with E-state index in [4.69, 9.17) is 20.6 Å². The van der Waals surface area contributed by atoms with Crippen LogP contribution < -0.4 is 20.7 Å². The Morgan fingerprint density at radius 2 is 1.93 bits per heavy atom. The summed E-state index contributed by atoms with van der Waals surface area (Å²) < 4.78 is 7.62. The molecule has 2 aromatic rings. The molecule has 0 amide bonds. The highest BCUT2D eigenvalue weighted by Crippen LogP contribution is 2.32. The summed E-state index contributed by atoms with van der Waals surface area (Å²) in [5.41, 5.74) is 5.59. The molecule has 0 radical (unpaired) electrons. The van der Waals surface area contributed by atoms with Crippen LogP contribution in [0, 0.1) is 0 Å². The smallest absolute Gasteiger partial charge is 0.257 e. The van der Waals surface area contributed by atoms with E-state index in [1.54, 1.807) is 0 Å². The van der Waals surface area contributed by atoms with Crippen molar-refractivity contribution in [1.29, 1.82) is 0 Å².